The fourth-order valence-corrected chi connectivity index (χ4v) is 2.50. The summed E-state index contributed by atoms with van der Waals surface area (Å²) >= 11 is 0. The van der Waals surface area contributed by atoms with Crippen molar-refractivity contribution < 1.29 is 13.9 Å². The predicted octanol–water partition coefficient (Wildman–Crippen LogP) is 1.64. The van der Waals surface area contributed by atoms with Crippen molar-refractivity contribution in [2.75, 3.05) is 25.1 Å². The molecule has 2 aromatic rings. The molecular formula is C16H19FN4O2. The Bertz CT molecular complexity index is 695. The maximum absolute atomic E-state index is 14.2. The highest BCUT2D eigenvalue weighted by Gasteiger charge is 2.17. The lowest BCUT2D eigenvalue weighted by Crippen LogP contribution is -2.43. The van der Waals surface area contributed by atoms with E-state index in [1.54, 1.807) is 24.5 Å². The summed E-state index contributed by atoms with van der Waals surface area (Å²) in [5.74, 6) is -0.611. The van der Waals surface area contributed by atoms with Crippen LogP contribution in [0.2, 0.25) is 0 Å². The number of hydrogen-bond donors (Lipinski definition) is 2. The Balaban J connectivity index is 1.64. The summed E-state index contributed by atoms with van der Waals surface area (Å²) in [4.78, 5) is 12.0. The molecule has 1 atom stereocenters. The lowest BCUT2D eigenvalue weighted by atomic mass is 10.2. The highest BCUT2D eigenvalue weighted by molar-refractivity contribution is 5.91. The lowest BCUT2D eigenvalue weighted by Gasteiger charge is -2.23. The number of carbonyl (C=O) groups excluding carboxylic acids is 1. The summed E-state index contributed by atoms with van der Waals surface area (Å²) in [6.07, 6.45) is 3.70. The molecule has 1 aliphatic heterocycles. The van der Waals surface area contributed by atoms with Crippen molar-refractivity contribution >= 4 is 11.6 Å². The largest absolute Gasteiger partial charge is 0.378 e. The Morgan fingerprint density at radius 2 is 2.43 bits per heavy atom. The zero-order chi connectivity index (χ0) is 16.2. The first-order valence-corrected chi connectivity index (χ1v) is 7.54. The van der Waals surface area contributed by atoms with Gasteiger partial charge in [0.1, 0.15) is 5.69 Å². The van der Waals surface area contributed by atoms with Crippen molar-refractivity contribution in [3.63, 3.8) is 0 Å². The molecule has 1 unspecified atom stereocenters. The summed E-state index contributed by atoms with van der Waals surface area (Å²) in [6, 6.07) is 4.56. The van der Waals surface area contributed by atoms with Gasteiger partial charge in [0.2, 0.25) is 5.91 Å². The van der Waals surface area contributed by atoms with Crippen LogP contribution in [0, 0.1) is 12.7 Å². The average molecular weight is 318 g/mol. The van der Waals surface area contributed by atoms with Crippen molar-refractivity contribution in [1.82, 2.24) is 15.1 Å². The Morgan fingerprint density at radius 1 is 1.57 bits per heavy atom. The van der Waals surface area contributed by atoms with Gasteiger partial charge in [0, 0.05) is 30.9 Å². The quantitative estimate of drug-likeness (QED) is 0.899. The third-order valence-corrected chi connectivity index (χ3v) is 3.62. The maximum Gasteiger partial charge on any atom is 0.226 e. The molecule has 0 bridgehead atoms. The van der Waals surface area contributed by atoms with Gasteiger partial charge in [-0.2, -0.15) is 5.10 Å². The summed E-state index contributed by atoms with van der Waals surface area (Å²) in [7, 11) is 0. The number of aryl methyl sites for hydroxylation is 1. The van der Waals surface area contributed by atoms with Crippen LogP contribution in [0.5, 0.6) is 0 Å². The number of ether oxygens (including phenoxy) is 1. The third kappa shape index (κ3) is 3.94. The number of amides is 1. The van der Waals surface area contributed by atoms with E-state index < -0.39 is 5.82 Å². The van der Waals surface area contributed by atoms with Crippen LogP contribution in [-0.4, -0.2) is 41.5 Å². The van der Waals surface area contributed by atoms with Crippen LogP contribution in [0.4, 0.5) is 10.1 Å². The number of nitrogens with zero attached hydrogens (tertiary/aromatic N) is 2. The van der Waals surface area contributed by atoms with Gasteiger partial charge in [-0.15, -0.1) is 0 Å². The lowest BCUT2D eigenvalue weighted by molar-refractivity contribution is -0.117. The number of benzene rings is 1. The predicted molar refractivity (Wildman–Crippen MR) is 84.1 cm³/mol. The van der Waals surface area contributed by atoms with Gasteiger partial charge in [-0.3, -0.25) is 4.79 Å². The molecule has 23 heavy (non-hydrogen) atoms. The number of rotatable bonds is 4. The number of morpholine rings is 1. The molecule has 0 radical (unpaired) electrons. The minimum atomic E-state index is -0.440. The van der Waals surface area contributed by atoms with Crippen LogP contribution in [0.1, 0.15) is 12.0 Å². The number of hydrogen-bond acceptors (Lipinski definition) is 4. The normalized spacial score (nSPS) is 17.9. The number of halogens is 1. The number of nitrogens with one attached hydrogen (secondary N) is 2. The van der Waals surface area contributed by atoms with Gasteiger partial charge in [-0.05, 0) is 30.7 Å². The Morgan fingerprint density at radius 3 is 3.09 bits per heavy atom. The van der Waals surface area contributed by atoms with Crippen LogP contribution < -0.4 is 10.6 Å². The molecule has 1 aliphatic rings. The molecule has 1 aromatic heterocycles. The molecule has 0 saturated carbocycles. The molecule has 1 amide bonds. The molecule has 1 fully saturated rings. The summed E-state index contributed by atoms with van der Waals surface area (Å²) in [6.45, 7) is 3.81. The van der Waals surface area contributed by atoms with Crippen molar-refractivity contribution in [2.24, 2.45) is 0 Å². The second-order valence-electron chi connectivity index (χ2n) is 5.61. The van der Waals surface area contributed by atoms with E-state index in [0.717, 1.165) is 12.1 Å². The van der Waals surface area contributed by atoms with Crippen LogP contribution in [0.15, 0.2) is 30.6 Å². The minimum absolute atomic E-state index is 0.0000744. The first-order chi connectivity index (χ1) is 11.1. The molecule has 1 saturated heterocycles. The highest BCUT2D eigenvalue weighted by atomic mass is 19.1. The second-order valence-corrected chi connectivity index (χ2v) is 5.61. The van der Waals surface area contributed by atoms with Crippen LogP contribution in [0.25, 0.3) is 5.69 Å². The maximum atomic E-state index is 14.2. The topological polar surface area (TPSA) is 68.2 Å². The monoisotopic (exact) mass is 318 g/mol. The number of carbonyl (C=O) groups is 1. The molecular weight excluding hydrogens is 299 g/mol. The van der Waals surface area contributed by atoms with Gasteiger partial charge in [0.15, 0.2) is 5.82 Å². The Kier molecular flexibility index (Phi) is 4.68. The van der Waals surface area contributed by atoms with E-state index in [0.29, 0.717) is 31.0 Å². The van der Waals surface area contributed by atoms with Crippen molar-refractivity contribution in [1.29, 1.82) is 0 Å². The number of anilines is 1. The molecule has 2 N–H and O–H groups in total. The summed E-state index contributed by atoms with van der Waals surface area (Å²) < 4.78 is 21.0. The van der Waals surface area contributed by atoms with E-state index in [-0.39, 0.29) is 11.9 Å². The molecule has 0 spiro atoms. The van der Waals surface area contributed by atoms with E-state index >= 15 is 0 Å². The minimum Gasteiger partial charge on any atom is -0.378 e. The molecule has 6 nitrogen and oxygen atoms in total. The second kappa shape index (κ2) is 6.89. The average Bonchev–Trinajstić information content (AvgIpc) is 2.94. The van der Waals surface area contributed by atoms with Crippen LogP contribution >= 0.6 is 0 Å². The smallest absolute Gasteiger partial charge is 0.226 e. The van der Waals surface area contributed by atoms with Gasteiger partial charge in [0.25, 0.3) is 0 Å². The Labute approximate surface area is 133 Å². The molecule has 7 heteroatoms. The van der Waals surface area contributed by atoms with E-state index in [9.17, 15) is 9.18 Å². The standard InChI is InChI=1S/C16H19FN4O2/c1-11-8-19-21(9-11)15-3-2-12(6-14(15)17)20-16(22)7-13-10-23-5-4-18-13/h2-3,6,8-9,13,18H,4-5,7,10H2,1H3,(H,20,22). The van der Waals surface area contributed by atoms with Crippen LogP contribution in [-0.2, 0) is 9.53 Å². The van der Waals surface area contributed by atoms with Gasteiger partial charge in [0.05, 0.1) is 19.4 Å². The molecule has 2 heterocycles. The Hall–Kier alpha value is -2.25. The molecule has 0 aliphatic carbocycles. The van der Waals surface area contributed by atoms with Gasteiger partial charge in [-0.25, -0.2) is 9.07 Å². The molecule has 1 aromatic carbocycles. The fourth-order valence-electron chi connectivity index (χ4n) is 2.50. The van der Waals surface area contributed by atoms with Crippen LogP contribution in [0.3, 0.4) is 0 Å². The molecule has 3 rings (SSSR count). The van der Waals surface area contributed by atoms with Crippen molar-refractivity contribution in [2.45, 2.75) is 19.4 Å². The summed E-state index contributed by atoms with van der Waals surface area (Å²) in [5, 5.41) is 10.0. The fraction of sp³-hybridized carbons (Fsp3) is 0.375. The van der Waals surface area contributed by atoms with Gasteiger partial charge < -0.3 is 15.4 Å². The molecule has 122 valence electrons. The first kappa shape index (κ1) is 15.6. The third-order valence-electron chi connectivity index (χ3n) is 3.62. The van der Waals surface area contributed by atoms with Gasteiger partial charge >= 0.3 is 0 Å². The van der Waals surface area contributed by atoms with Gasteiger partial charge in [-0.1, -0.05) is 0 Å². The van der Waals surface area contributed by atoms with E-state index in [2.05, 4.69) is 15.7 Å². The van der Waals surface area contributed by atoms with Crippen molar-refractivity contribution in [3.05, 3.63) is 42.0 Å². The zero-order valence-electron chi connectivity index (χ0n) is 12.9. The van der Waals surface area contributed by atoms with E-state index in [1.807, 2.05) is 6.92 Å². The zero-order valence-corrected chi connectivity index (χ0v) is 12.9. The van der Waals surface area contributed by atoms with E-state index in [1.165, 1.54) is 10.7 Å². The summed E-state index contributed by atoms with van der Waals surface area (Å²) in [5.41, 5.74) is 1.72. The first-order valence-electron chi connectivity index (χ1n) is 7.54. The SMILES string of the molecule is Cc1cnn(-c2ccc(NC(=O)CC3COCCN3)cc2F)c1. The van der Waals surface area contributed by atoms with Crippen molar-refractivity contribution in [3.8, 4) is 5.69 Å². The van der Waals surface area contributed by atoms with E-state index in [4.69, 9.17) is 4.74 Å². The highest BCUT2D eigenvalue weighted by Crippen LogP contribution is 2.18. The number of aromatic nitrogens is 2.